The van der Waals surface area contributed by atoms with Crippen molar-refractivity contribution in [3.05, 3.63) is 12.7 Å². The van der Waals surface area contributed by atoms with Gasteiger partial charge in [-0.1, -0.05) is 6.08 Å². The molecule has 1 rings (SSSR count). The summed E-state index contributed by atoms with van der Waals surface area (Å²) in [5, 5.41) is 15.7. The van der Waals surface area contributed by atoms with Crippen molar-refractivity contribution in [2.75, 3.05) is 19.7 Å². The Labute approximate surface area is 107 Å². The molecule has 0 spiro atoms. The van der Waals surface area contributed by atoms with Crippen LogP contribution < -0.4 is 10.6 Å². The van der Waals surface area contributed by atoms with Gasteiger partial charge < -0.3 is 19.9 Å². The van der Waals surface area contributed by atoms with Gasteiger partial charge in [0.1, 0.15) is 11.7 Å². The lowest BCUT2D eigenvalue weighted by Gasteiger charge is -2.31. The van der Waals surface area contributed by atoms with Crippen molar-refractivity contribution < 1.29 is 19.4 Å². The minimum absolute atomic E-state index is 0.216. The Morgan fingerprint density at radius 2 is 2.33 bits per heavy atom. The van der Waals surface area contributed by atoms with Crippen molar-refractivity contribution in [3.63, 3.8) is 0 Å². The van der Waals surface area contributed by atoms with E-state index in [-0.39, 0.29) is 6.54 Å². The first-order valence-electron chi connectivity index (χ1n) is 5.93. The third kappa shape index (κ3) is 4.29. The van der Waals surface area contributed by atoms with E-state index in [9.17, 15) is 9.90 Å². The molecule has 1 fully saturated rings. The van der Waals surface area contributed by atoms with E-state index in [1.165, 1.54) is 0 Å². The van der Waals surface area contributed by atoms with E-state index in [0.29, 0.717) is 13.2 Å². The summed E-state index contributed by atoms with van der Waals surface area (Å²) in [7, 11) is 0. The SMILES string of the molecule is C=CCO[C@H]1CNC[C@@]1(O)NC(=O)OC(C)(C)C. The van der Waals surface area contributed by atoms with Gasteiger partial charge >= 0.3 is 6.09 Å². The second kappa shape index (κ2) is 5.69. The molecule has 2 atom stereocenters. The van der Waals surface area contributed by atoms with E-state index >= 15 is 0 Å². The van der Waals surface area contributed by atoms with Crippen LogP contribution in [-0.4, -0.2) is 48.3 Å². The Balaban J connectivity index is 2.57. The maximum absolute atomic E-state index is 11.6. The van der Waals surface area contributed by atoms with Gasteiger partial charge in [0.25, 0.3) is 0 Å². The van der Waals surface area contributed by atoms with Crippen LogP contribution in [0.25, 0.3) is 0 Å². The van der Waals surface area contributed by atoms with Crippen molar-refractivity contribution in [2.45, 2.75) is 38.2 Å². The van der Waals surface area contributed by atoms with Crippen LogP contribution in [0.1, 0.15) is 20.8 Å². The largest absolute Gasteiger partial charge is 0.444 e. The van der Waals surface area contributed by atoms with E-state index in [1.807, 2.05) is 0 Å². The first-order chi connectivity index (χ1) is 8.27. The summed E-state index contributed by atoms with van der Waals surface area (Å²) in [6, 6.07) is 0. The molecule has 0 bridgehead atoms. The van der Waals surface area contributed by atoms with E-state index in [4.69, 9.17) is 9.47 Å². The lowest BCUT2D eigenvalue weighted by atomic mass is 10.1. The summed E-state index contributed by atoms with van der Waals surface area (Å²) in [6.45, 7) is 9.80. The summed E-state index contributed by atoms with van der Waals surface area (Å²) in [4.78, 5) is 11.6. The highest BCUT2D eigenvalue weighted by Gasteiger charge is 2.44. The Morgan fingerprint density at radius 3 is 2.89 bits per heavy atom. The second-order valence-corrected chi connectivity index (χ2v) is 5.29. The lowest BCUT2D eigenvalue weighted by molar-refractivity contribution is -0.0911. The predicted molar refractivity (Wildman–Crippen MR) is 67.1 cm³/mol. The summed E-state index contributed by atoms with van der Waals surface area (Å²) in [5.74, 6) is 0. The van der Waals surface area contributed by atoms with Crippen LogP contribution in [0.2, 0.25) is 0 Å². The summed E-state index contributed by atoms with van der Waals surface area (Å²) in [6.07, 6.45) is 0.399. The summed E-state index contributed by atoms with van der Waals surface area (Å²) >= 11 is 0. The van der Waals surface area contributed by atoms with Crippen molar-refractivity contribution in [1.82, 2.24) is 10.6 Å². The molecule has 0 radical (unpaired) electrons. The molecule has 104 valence electrons. The van der Waals surface area contributed by atoms with Gasteiger partial charge in [-0.05, 0) is 20.8 Å². The molecule has 0 saturated carbocycles. The molecule has 18 heavy (non-hydrogen) atoms. The normalized spacial score (nSPS) is 27.9. The fourth-order valence-corrected chi connectivity index (χ4v) is 1.66. The summed E-state index contributed by atoms with van der Waals surface area (Å²) < 4.78 is 10.5. The number of β-amino-alcohol motifs (C(OH)–C–C–N with tert-alkyl or cyclic N) is 1. The monoisotopic (exact) mass is 258 g/mol. The fourth-order valence-electron chi connectivity index (χ4n) is 1.66. The number of carbonyl (C=O) groups excluding carboxylic acids is 1. The molecule has 3 N–H and O–H groups in total. The Morgan fingerprint density at radius 1 is 1.67 bits per heavy atom. The number of hydrogen-bond donors (Lipinski definition) is 3. The number of rotatable bonds is 4. The first-order valence-corrected chi connectivity index (χ1v) is 5.93. The molecular weight excluding hydrogens is 236 g/mol. The molecule has 0 aromatic carbocycles. The van der Waals surface area contributed by atoms with Gasteiger partial charge in [0.05, 0.1) is 6.61 Å². The topological polar surface area (TPSA) is 79.8 Å². The van der Waals surface area contributed by atoms with Crippen LogP contribution in [0, 0.1) is 0 Å². The zero-order chi connectivity index (χ0) is 13.8. The van der Waals surface area contributed by atoms with Gasteiger partial charge in [-0.3, -0.25) is 5.32 Å². The van der Waals surface area contributed by atoms with Crippen molar-refractivity contribution in [1.29, 1.82) is 0 Å². The average molecular weight is 258 g/mol. The highest BCUT2D eigenvalue weighted by molar-refractivity contribution is 5.68. The molecule has 1 aliphatic heterocycles. The minimum atomic E-state index is -1.45. The van der Waals surface area contributed by atoms with Gasteiger partial charge in [0, 0.05) is 13.1 Å². The van der Waals surface area contributed by atoms with E-state index in [2.05, 4.69) is 17.2 Å². The summed E-state index contributed by atoms with van der Waals surface area (Å²) in [5.41, 5.74) is -2.06. The number of hydrogen-bond acceptors (Lipinski definition) is 5. The molecule has 1 amide bonds. The van der Waals surface area contributed by atoms with Crippen molar-refractivity contribution >= 4 is 6.09 Å². The molecule has 0 aromatic rings. The zero-order valence-corrected chi connectivity index (χ0v) is 11.2. The molecule has 6 nitrogen and oxygen atoms in total. The lowest BCUT2D eigenvalue weighted by Crippen LogP contribution is -2.58. The van der Waals surface area contributed by atoms with Gasteiger partial charge in [-0.2, -0.15) is 0 Å². The zero-order valence-electron chi connectivity index (χ0n) is 11.2. The highest BCUT2D eigenvalue weighted by Crippen LogP contribution is 2.17. The Bertz CT molecular complexity index is 314. The van der Waals surface area contributed by atoms with Crippen molar-refractivity contribution in [3.8, 4) is 0 Å². The van der Waals surface area contributed by atoms with Gasteiger partial charge in [-0.25, -0.2) is 4.79 Å². The minimum Gasteiger partial charge on any atom is -0.444 e. The third-order valence-corrected chi connectivity index (χ3v) is 2.39. The highest BCUT2D eigenvalue weighted by atomic mass is 16.6. The third-order valence-electron chi connectivity index (χ3n) is 2.39. The molecule has 0 aromatic heterocycles. The number of amides is 1. The Hall–Kier alpha value is -1.11. The van der Waals surface area contributed by atoms with Crippen LogP contribution in [0.3, 0.4) is 0 Å². The van der Waals surface area contributed by atoms with Gasteiger partial charge in [-0.15, -0.1) is 6.58 Å². The van der Waals surface area contributed by atoms with Gasteiger partial charge in [0.15, 0.2) is 5.72 Å². The molecule has 1 saturated heterocycles. The number of nitrogens with one attached hydrogen (secondary N) is 2. The average Bonchev–Trinajstić information content (AvgIpc) is 2.53. The van der Waals surface area contributed by atoms with Crippen LogP contribution in [-0.2, 0) is 9.47 Å². The quantitative estimate of drug-likeness (QED) is 0.501. The molecule has 0 unspecified atom stereocenters. The standard InChI is InChI=1S/C12H22N2O4/c1-5-6-17-9-7-13-8-12(9,16)14-10(15)18-11(2,3)4/h5,9,13,16H,1,6-8H2,2-4H3,(H,14,15)/t9-,12-/m0/s1. The van der Waals surface area contributed by atoms with E-state index < -0.39 is 23.5 Å². The number of alkyl carbamates (subject to hydrolysis) is 1. The van der Waals surface area contributed by atoms with Gasteiger partial charge in [0.2, 0.25) is 0 Å². The van der Waals surface area contributed by atoms with Crippen LogP contribution in [0.5, 0.6) is 0 Å². The number of ether oxygens (including phenoxy) is 2. The van der Waals surface area contributed by atoms with Crippen LogP contribution in [0.15, 0.2) is 12.7 Å². The molecule has 1 heterocycles. The smallest absolute Gasteiger partial charge is 0.410 e. The number of aliphatic hydroxyl groups is 1. The molecule has 6 heteroatoms. The van der Waals surface area contributed by atoms with E-state index in [1.54, 1.807) is 26.8 Å². The van der Waals surface area contributed by atoms with Crippen LogP contribution >= 0.6 is 0 Å². The predicted octanol–water partition coefficient (Wildman–Crippen LogP) is 0.374. The van der Waals surface area contributed by atoms with Crippen LogP contribution in [0.4, 0.5) is 4.79 Å². The Kier molecular flexibility index (Phi) is 4.72. The molecule has 0 aliphatic carbocycles. The molecule has 1 aliphatic rings. The maximum atomic E-state index is 11.6. The fraction of sp³-hybridized carbons (Fsp3) is 0.750. The van der Waals surface area contributed by atoms with Crippen molar-refractivity contribution in [2.24, 2.45) is 0 Å². The number of carbonyl (C=O) groups is 1. The second-order valence-electron chi connectivity index (χ2n) is 5.29. The first kappa shape index (κ1) is 14.9. The van der Waals surface area contributed by atoms with E-state index in [0.717, 1.165) is 0 Å². The maximum Gasteiger partial charge on any atom is 0.410 e. The molecular formula is C12H22N2O4.